The van der Waals surface area contributed by atoms with Crippen LogP contribution in [0.3, 0.4) is 0 Å². The molecule has 1 heterocycles. The van der Waals surface area contributed by atoms with Crippen molar-refractivity contribution < 1.29 is 29.0 Å². The molecule has 0 radical (unpaired) electrons. The summed E-state index contributed by atoms with van der Waals surface area (Å²) in [5.41, 5.74) is 0.744. The second-order valence-corrected chi connectivity index (χ2v) is 7.74. The highest BCUT2D eigenvalue weighted by atomic mass is 32.2. The van der Waals surface area contributed by atoms with Gasteiger partial charge in [-0.3, -0.25) is 14.5 Å². The monoisotopic (exact) mass is 438 g/mol. The Morgan fingerprint density at radius 1 is 1.31 bits per heavy atom. The van der Waals surface area contributed by atoms with Crippen molar-refractivity contribution in [2.75, 3.05) is 20.8 Å². The largest absolute Gasteiger partial charge is 0.493 e. The number of thiocarbonyl (C=S) groups is 1. The molecule has 8 nitrogen and oxygen atoms in total. The van der Waals surface area contributed by atoms with Crippen molar-refractivity contribution >= 4 is 52.2 Å². The van der Waals surface area contributed by atoms with Gasteiger partial charge < -0.3 is 19.9 Å². The molecule has 1 fully saturated rings. The average molecular weight is 439 g/mol. The molecule has 156 valence electrons. The van der Waals surface area contributed by atoms with Gasteiger partial charge in [-0.25, -0.2) is 4.79 Å². The lowest BCUT2D eigenvalue weighted by Gasteiger charge is -2.16. The van der Waals surface area contributed by atoms with Crippen LogP contribution in [0, 0.1) is 0 Å². The van der Waals surface area contributed by atoms with Gasteiger partial charge >= 0.3 is 5.97 Å². The molecule has 0 bridgehead atoms. The van der Waals surface area contributed by atoms with Crippen molar-refractivity contribution in [3.63, 3.8) is 0 Å². The van der Waals surface area contributed by atoms with Gasteiger partial charge in [-0.05, 0) is 30.2 Å². The summed E-state index contributed by atoms with van der Waals surface area (Å²) < 4.78 is 10.8. The highest BCUT2D eigenvalue weighted by Crippen LogP contribution is 2.34. The number of hydrogen-bond acceptors (Lipinski definition) is 7. The van der Waals surface area contributed by atoms with E-state index in [0.29, 0.717) is 20.7 Å². The van der Waals surface area contributed by atoms with E-state index in [4.69, 9.17) is 26.8 Å². The number of nitrogens with zero attached hydrogens (tertiary/aromatic N) is 1. The molecule has 0 spiro atoms. The second-order valence-electron chi connectivity index (χ2n) is 6.06. The van der Waals surface area contributed by atoms with Crippen LogP contribution in [-0.4, -0.2) is 58.9 Å². The van der Waals surface area contributed by atoms with Crippen LogP contribution in [0.4, 0.5) is 0 Å². The van der Waals surface area contributed by atoms with Gasteiger partial charge in [0.05, 0.1) is 19.1 Å². The van der Waals surface area contributed by atoms with Crippen LogP contribution >= 0.6 is 24.0 Å². The van der Waals surface area contributed by atoms with E-state index in [1.165, 1.54) is 19.1 Å². The van der Waals surface area contributed by atoms with Crippen LogP contribution in [0.25, 0.3) is 6.08 Å². The van der Waals surface area contributed by atoms with Gasteiger partial charge in [0.1, 0.15) is 10.4 Å². The van der Waals surface area contributed by atoms with E-state index in [1.807, 2.05) is 0 Å². The third-order valence-corrected chi connectivity index (χ3v) is 5.56. The summed E-state index contributed by atoms with van der Waals surface area (Å²) in [5.74, 6) is -0.721. The number of aliphatic carboxylic acids is 1. The maximum Gasteiger partial charge on any atom is 0.326 e. The molecule has 29 heavy (non-hydrogen) atoms. The standard InChI is InChI=1S/C19H22N2O6S2/c1-4-12(18(24)25)20-16(22)7-8-21-17(23)15(29-19(21)28)10-11-5-6-13(26-2)14(9-11)27-3/h5-6,9-10,12H,4,7-8H2,1-3H3,(H,20,22)(H,24,25)/b15-10-. The first kappa shape index (κ1) is 22.7. The molecule has 2 amide bonds. The molecular weight excluding hydrogens is 416 g/mol. The number of rotatable bonds is 9. The van der Waals surface area contributed by atoms with Gasteiger partial charge in [0.15, 0.2) is 11.5 Å². The molecule has 0 aliphatic carbocycles. The molecule has 1 aromatic rings. The molecule has 1 saturated heterocycles. The quantitative estimate of drug-likeness (QED) is 0.447. The SMILES string of the molecule is CCC(NC(=O)CCN1C(=O)/C(=C/c2ccc(OC)c(OC)c2)SC1=S)C(=O)O. The molecule has 0 aromatic heterocycles. The zero-order valence-corrected chi connectivity index (χ0v) is 17.9. The van der Waals surface area contributed by atoms with Crippen LogP contribution in [-0.2, 0) is 14.4 Å². The normalized spacial score (nSPS) is 16.1. The Bertz CT molecular complexity index is 855. The number of carbonyl (C=O) groups is 3. The van der Waals surface area contributed by atoms with Crippen molar-refractivity contribution in [1.82, 2.24) is 10.2 Å². The Kier molecular flexibility index (Phi) is 8.03. The van der Waals surface area contributed by atoms with Gasteiger partial charge in [0.2, 0.25) is 5.91 Å². The smallest absolute Gasteiger partial charge is 0.326 e. The topological polar surface area (TPSA) is 105 Å². The summed E-state index contributed by atoms with van der Waals surface area (Å²) in [6, 6.07) is 4.33. The van der Waals surface area contributed by atoms with Gasteiger partial charge in [0, 0.05) is 13.0 Å². The molecule has 1 atom stereocenters. The number of carboxylic acids is 1. The number of ether oxygens (including phenoxy) is 2. The third kappa shape index (κ3) is 5.70. The van der Waals surface area contributed by atoms with Crippen LogP contribution < -0.4 is 14.8 Å². The first-order chi connectivity index (χ1) is 13.8. The lowest BCUT2D eigenvalue weighted by molar-refractivity contribution is -0.142. The molecule has 2 rings (SSSR count). The lowest BCUT2D eigenvalue weighted by Crippen LogP contribution is -2.42. The number of amides is 2. The van der Waals surface area contributed by atoms with Crippen LogP contribution in [0.5, 0.6) is 11.5 Å². The Morgan fingerprint density at radius 3 is 2.59 bits per heavy atom. The maximum absolute atomic E-state index is 12.7. The summed E-state index contributed by atoms with van der Waals surface area (Å²) in [6.45, 7) is 1.75. The summed E-state index contributed by atoms with van der Waals surface area (Å²) in [5, 5.41) is 11.4. The fraction of sp³-hybridized carbons (Fsp3) is 0.368. The zero-order chi connectivity index (χ0) is 21.6. The highest BCUT2D eigenvalue weighted by Gasteiger charge is 2.32. The van der Waals surface area contributed by atoms with Crippen LogP contribution in [0.15, 0.2) is 23.1 Å². The van der Waals surface area contributed by atoms with E-state index in [9.17, 15) is 14.4 Å². The van der Waals surface area contributed by atoms with Crippen molar-refractivity contribution in [3.05, 3.63) is 28.7 Å². The van der Waals surface area contributed by atoms with Crippen molar-refractivity contribution in [1.29, 1.82) is 0 Å². The maximum atomic E-state index is 12.7. The molecule has 0 saturated carbocycles. The number of nitrogens with one attached hydrogen (secondary N) is 1. The van der Waals surface area contributed by atoms with E-state index in [0.717, 1.165) is 17.3 Å². The van der Waals surface area contributed by atoms with Gasteiger partial charge in [-0.2, -0.15) is 0 Å². The number of carbonyl (C=O) groups excluding carboxylic acids is 2. The molecular formula is C19H22N2O6S2. The second kappa shape index (κ2) is 10.3. The molecule has 10 heteroatoms. The molecule has 1 aliphatic rings. The van der Waals surface area contributed by atoms with Crippen molar-refractivity contribution in [2.24, 2.45) is 0 Å². The Labute approximate surface area is 178 Å². The predicted octanol–water partition coefficient (Wildman–Crippen LogP) is 2.27. The number of hydrogen-bond donors (Lipinski definition) is 2. The minimum atomic E-state index is -1.09. The van der Waals surface area contributed by atoms with Crippen LogP contribution in [0.1, 0.15) is 25.3 Å². The Hall–Kier alpha value is -2.59. The van der Waals surface area contributed by atoms with Crippen molar-refractivity contribution in [2.45, 2.75) is 25.8 Å². The lowest BCUT2D eigenvalue weighted by atomic mass is 10.2. The first-order valence-corrected chi connectivity index (χ1v) is 10.0. The summed E-state index contributed by atoms with van der Waals surface area (Å²) in [6.07, 6.45) is 1.93. The number of thioether (sulfide) groups is 1. The van der Waals surface area contributed by atoms with Gasteiger partial charge in [-0.15, -0.1) is 0 Å². The van der Waals surface area contributed by atoms with Crippen LogP contribution in [0.2, 0.25) is 0 Å². The number of benzene rings is 1. The summed E-state index contributed by atoms with van der Waals surface area (Å²) in [7, 11) is 3.07. The zero-order valence-electron chi connectivity index (χ0n) is 16.3. The predicted molar refractivity (Wildman–Crippen MR) is 114 cm³/mol. The van der Waals surface area contributed by atoms with Gasteiger partial charge in [-0.1, -0.05) is 37.0 Å². The molecule has 1 unspecified atom stereocenters. The van der Waals surface area contributed by atoms with E-state index in [2.05, 4.69) is 5.32 Å². The molecule has 1 aromatic carbocycles. The summed E-state index contributed by atoms with van der Waals surface area (Å²) >= 11 is 6.41. The number of carboxylic acid groups (broad SMARTS) is 1. The minimum Gasteiger partial charge on any atom is -0.493 e. The van der Waals surface area contributed by atoms with E-state index >= 15 is 0 Å². The Balaban J connectivity index is 2.05. The number of methoxy groups -OCH3 is 2. The van der Waals surface area contributed by atoms with Gasteiger partial charge in [0.25, 0.3) is 5.91 Å². The fourth-order valence-corrected chi connectivity index (χ4v) is 3.91. The van der Waals surface area contributed by atoms with Crippen molar-refractivity contribution in [3.8, 4) is 11.5 Å². The highest BCUT2D eigenvalue weighted by molar-refractivity contribution is 8.26. The first-order valence-electron chi connectivity index (χ1n) is 8.80. The molecule has 2 N–H and O–H groups in total. The van der Waals surface area contributed by atoms with E-state index in [-0.39, 0.29) is 25.3 Å². The minimum absolute atomic E-state index is 0.0418. The molecule has 1 aliphatic heterocycles. The third-order valence-electron chi connectivity index (χ3n) is 4.18. The van der Waals surface area contributed by atoms with E-state index in [1.54, 1.807) is 31.2 Å². The Morgan fingerprint density at radius 2 is 2.00 bits per heavy atom. The fourth-order valence-electron chi connectivity index (χ4n) is 2.61. The summed E-state index contributed by atoms with van der Waals surface area (Å²) in [4.78, 5) is 37.4. The van der Waals surface area contributed by atoms with E-state index < -0.39 is 17.9 Å². The average Bonchev–Trinajstić information content (AvgIpc) is 2.96.